The Labute approximate surface area is 260 Å². The van der Waals surface area contributed by atoms with Crippen LogP contribution in [-0.4, -0.2) is 81.9 Å². The molecule has 246 valence electrons. The Bertz CT molecular complexity index is 1410. The summed E-state index contributed by atoms with van der Waals surface area (Å²) in [7, 11) is 0. The second kappa shape index (κ2) is 11.6. The number of carbonyl (C=O) groups is 4. The Hall–Kier alpha value is -3.68. The molecular weight excluding hydrogens is 592 g/mol. The molecule has 0 radical (unpaired) electrons. The van der Waals surface area contributed by atoms with E-state index in [-0.39, 0.29) is 24.0 Å². The molecule has 0 amide bonds. The predicted octanol–water partition coefficient (Wildman–Crippen LogP) is 3.21. The first kappa shape index (κ1) is 32.7. The van der Waals surface area contributed by atoms with E-state index in [4.69, 9.17) is 32.5 Å². The van der Waals surface area contributed by atoms with Crippen molar-refractivity contribution in [2.75, 3.05) is 6.61 Å². The highest BCUT2D eigenvalue weighted by molar-refractivity contribution is 5.89. The zero-order chi connectivity index (χ0) is 32.9. The molecule has 45 heavy (non-hydrogen) atoms. The fourth-order valence-electron chi connectivity index (χ4n) is 7.50. The molecule has 2 aromatic heterocycles. The van der Waals surface area contributed by atoms with Crippen molar-refractivity contribution in [2.45, 2.75) is 102 Å². The molecule has 2 aliphatic carbocycles. The van der Waals surface area contributed by atoms with Crippen molar-refractivity contribution < 1.29 is 61.9 Å². The molecule has 13 nitrogen and oxygen atoms in total. The summed E-state index contributed by atoms with van der Waals surface area (Å²) in [4.78, 5) is 52.8. The molecule has 13 heteroatoms. The maximum Gasteiger partial charge on any atom is 0.341 e. The zero-order valence-electron chi connectivity index (χ0n) is 26.1. The van der Waals surface area contributed by atoms with E-state index in [0.717, 1.165) is 6.92 Å². The van der Waals surface area contributed by atoms with Gasteiger partial charge >= 0.3 is 23.9 Å². The second-order valence-corrected chi connectivity index (χ2v) is 13.1. The normalized spacial score (nSPS) is 35.5. The monoisotopic (exact) mass is 632 g/mol. The van der Waals surface area contributed by atoms with Crippen LogP contribution in [-0.2, 0) is 33.3 Å². The van der Waals surface area contributed by atoms with Crippen LogP contribution in [0.25, 0.3) is 0 Å². The smallest absolute Gasteiger partial charge is 0.341 e. The third kappa shape index (κ3) is 5.14. The van der Waals surface area contributed by atoms with Gasteiger partial charge in [-0.25, -0.2) is 9.59 Å². The Morgan fingerprint density at radius 1 is 1.00 bits per heavy atom. The van der Waals surface area contributed by atoms with Crippen LogP contribution in [0.2, 0.25) is 0 Å². The van der Waals surface area contributed by atoms with Gasteiger partial charge < -0.3 is 42.7 Å². The molecule has 1 saturated heterocycles. The lowest BCUT2D eigenvalue weighted by Gasteiger charge is -2.65. The van der Waals surface area contributed by atoms with Crippen LogP contribution in [0.1, 0.15) is 81.5 Å². The Kier molecular flexibility index (Phi) is 8.43. The molecule has 9 atom stereocenters. The summed E-state index contributed by atoms with van der Waals surface area (Å²) in [5.41, 5.74) is -7.05. The van der Waals surface area contributed by atoms with E-state index in [0.29, 0.717) is 6.42 Å². The number of hydrogen-bond donors (Lipinski definition) is 2. The van der Waals surface area contributed by atoms with Crippen LogP contribution in [0, 0.1) is 17.3 Å². The van der Waals surface area contributed by atoms with Gasteiger partial charge in [-0.1, -0.05) is 13.8 Å². The minimum absolute atomic E-state index is 0.0450. The summed E-state index contributed by atoms with van der Waals surface area (Å²) in [6.45, 7) is 8.83. The molecule has 2 saturated carbocycles. The summed E-state index contributed by atoms with van der Waals surface area (Å²) in [5, 5.41) is 24.5. The van der Waals surface area contributed by atoms with E-state index in [9.17, 15) is 29.4 Å². The van der Waals surface area contributed by atoms with Gasteiger partial charge in [-0.3, -0.25) is 9.59 Å². The first-order valence-electron chi connectivity index (χ1n) is 15.0. The van der Waals surface area contributed by atoms with E-state index in [1.54, 1.807) is 27.7 Å². The van der Waals surface area contributed by atoms with E-state index in [1.165, 1.54) is 44.1 Å². The lowest BCUT2D eigenvalue weighted by Crippen LogP contribution is -2.83. The average molecular weight is 633 g/mol. The molecule has 2 aromatic rings. The lowest BCUT2D eigenvalue weighted by molar-refractivity contribution is -0.354. The number of aliphatic hydroxyl groups excluding tert-OH is 1. The number of carbonyl (C=O) groups excluding carboxylic acids is 4. The maximum atomic E-state index is 13.6. The molecule has 0 unspecified atom stereocenters. The first-order chi connectivity index (χ1) is 21.1. The van der Waals surface area contributed by atoms with Gasteiger partial charge in [0.25, 0.3) is 0 Å². The highest BCUT2D eigenvalue weighted by Gasteiger charge is 2.85. The molecule has 5 rings (SSSR count). The molecule has 2 N–H and O–H groups in total. The van der Waals surface area contributed by atoms with Crippen LogP contribution in [0.5, 0.6) is 0 Å². The zero-order valence-corrected chi connectivity index (χ0v) is 26.1. The van der Waals surface area contributed by atoms with E-state index in [2.05, 4.69) is 0 Å². The van der Waals surface area contributed by atoms with Gasteiger partial charge in [0.15, 0.2) is 6.10 Å². The van der Waals surface area contributed by atoms with Crippen molar-refractivity contribution in [2.24, 2.45) is 17.3 Å². The summed E-state index contributed by atoms with van der Waals surface area (Å²) in [6, 6.07) is 2.78. The fourth-order valence-corrected chi connectivity index (χ4v) is 7.50. The second-order valence-electron chi connectivity index (χ2n) is 13.1. The van der Waals surface area contributed by atoms with Crippen molar-refractivity contribution in [3.8, 4) is 0 Å². The van der Waals surface area contributed by atoms with Crippen molar-refractivity contribution in [3.05, 3.63) is 48.3 Å². The number of furan rings is 2. The van der Waals surface area contributed by atoms with Gasteiger partial charge in [0.05, 0.1) is 46.9 Å². The van der Waals surface area contributed by atoms with Gasteiger partial charge in [0, 0.05) is 19.3 Å². The third-order valence-corrected chi connectivity index (χ3v) is 9.89. The Morgan fingerprint density at radius 2 is 1.60 bits per heavy atom. The lowest BCUT2D eigenvalue weighted by atomic mass is 9.46. The topological polar surface area (TPSA) is 181 Å². The molecule has 2 bridgehead atoms. The van der Waals surface area contributed by atoms with Gasteiger partial charge in [-0.2, -0.15) is 0 Å². The molecule has 3 aliphatic rings. The SMILES string of the molecule is CC[C@@H](C)C(=O)O[C@H]1[C@@H](OC(=O)c2ccoc2)C[C@](C)(O)[C@]23OC(C)(C)[C@H](C[C@H](OC(=O)c4ccoc4)[C@]12COC(C)=O)[C@H]3O. The van der Waals surface area contributed by atoms with Gasteiger partial charge in [0.2, 0.25) is 0 Å². The highest BCUT2D eigenvalue weighted by Crippen LogP contribution is 2.68. The number of aliphatic hydroxyl groups is 2. The van der Waals surface area contributed by atoms with Gasteiger partial charge in [0.1, 0.15) is 42.4 Å². The summed E-state index contributed by atoms with van der Waals surface area (Å²) < 4.78 is 40.7. The van der Waals surface area contributed by atoms with Gasteiger partial charge in [-0.15, -0.1) is 0 Å². The minimum atomic E-state index is -2.05. The van der Waals surface area contributed by atoms with Crippen LogP contribution in [0.15, 0.2) is 46.0 Å². The number of hydrogen-bond acceptors (Lipinski definition) is 13. The largest absolute Gasteiger partial charge is 0.472 e. The summed E-state index contributed by atoms with van der Waals surface area (Å²) in [5.74, 6) is -4.39. The number of ether oxygens (including phenoxy) is 5. The minimum Gasteiger partial charge on any atom is -0.472 e. The van der Waals surface area contributed by atoms with E-state index < -0.39 is 89.0 Å². The van der Waals surface area contributed by atoms with Crippen LogP contribution < -0.4 is 0 Å². The standard InChI is InChI=1S/C32H40O13/c1-7-17(2)26(35)44-25-22(42-27(36)19-8-10-39-14-19)13-30(6,38)32-24(34)21(29(4,5)45-32)12-23(31(25,32)16-41-18(3)33)43-28(37)20-9-11-40-15-20/h8-11,14-15,17,21-25,34,38H,7,12-13,16H2,1-6H3/t17-,21-,22+,23+,24-,25+,30+,31-,32+/m1/s1. The maximum absolute atomic E-state index is 13.6. The van der Waals surface area contributed by atoms with Crippen molar-refractivity contribution >= 4 is 23.9 Å². The van der Waals surface area contributed by atoms with Gasteiger partial charge in [-0.05, 0) is 45.7 Å². The number of rotatable bonds is 9. The van der Waals surface area contributed by atoms with E-state index in [1.807, 2.05) is 0 Å². The fraction of sp³-hybridized carbons (Fsp3) is 0.625. The predicted molar refractivity (Wildman–Crippen MR) is 151 cm³/mol. The van der Waals surface area contributed by atoms with Crippen molar-refractivity contribution in [1.29, 1.82) is 0 Å². The van der Waals surface area contributed by atoms with Crippen LogP contribution in [0.3, 0.4) is 0 Å². The summed E-state index contributed by atoms with van der Waals surface area (Å²) >= 11 is 0. The Morgan fingerprint density at radius 3 is 2.13 bits per heavy atom. The number of fused-ring (bicyclic) bond motifs is 1. The highest BCUT2D eigenvalue weighted by atomic mass is 16.6. The third-order valence-electron chi connectivity index (χ3n) is 9.89. The van der Waals surface area contributed by atoms with Crippen molar-refractivity contribution in [3.63, 3.8) is 0 Å². The average Bonchev–Trinajstić information content (AvgIpc) is 3.72. The first-order valence-corrected chi connectivity index (χ1v) is 15.0. The van der Waals surface area contributed by atoms with Crippen LogP contribution >= 0.6 is 0 Å². The number of esters is 4. The van der Waals surface area contributed by atoms with Crippen LogP contribution in [0.4, 0.5) is 0 Å². The quantitative estimate of drug-likeness (QED) is 0.304. The Balaban J connectivity index is 1.75. The van der Waals surface area contributed by atoms with Crippen molar-refractivity contribution in [1.82, 2.24) is 0 Å². The molecule has 1 spiro atoms. The molecule has 1 aliphatic heterocycles. The summed E-state index contributed by atoms with van der Waals surface area (Å²) in [6.07, 6.45) is -0.715. The molecular formula is C32H40O13. The van der Waals surface area contributed by atoms with E-state index >= 15 is 0 Å². The molecule has 3 fully saturated rings. The molecule has 0 aromatic carbocycles. The molecule has 3 heterocycles.